The molecule has 0 spiro atoms. The highest BCUT2D eigenvalue weighted by atomic mass is 16.6. The van der Waals surface area contributed by atoms with Crippen LogP contribution in [0.3, 0.4) is 0 Å². The third kappa shape index (κ3) is 6.15. The van der Waals surface area contributed by atoms with Crippen LogP contribution in [0.25, 0.3) is 11.3 Å². The Balaban J connectivity index is 1.30. The van der Waals surface area contributed by atoms with Crippen LogP contribution < -0.4 is 5.32 Å². The Morgan fingerprint density at radius 2 is 1.86 bits per heavy atom. The second-order valence-corrected chi connectivity index (χ2v) is 11.2. The number of carbonyl (C=O) groups excluding carboxylic acids is 2. The topological polar surface area (TPSA) is 134 Å². The number of carbonyl (C=O) groups is 2. The number of fused-ring (bicyclic) bond motifs is 1. The lowest BCUT2D eigenvalue weighted by molar-refractivity contribution is -0.384. The Bertz CT molecular complexity index is 1730. The average Bonchev–Trinajstić information content (AvgIpc) is 3.65. The Labute approximate surface area is 255 Å². The summed E-state index contributed by atoms with van der Waals surface area (Å²) in [5.41, 5.74) is 5.91. The summed E-state index contributed by atoms with van der Waals surface area (Å²) in [6, 6.07) is 20.1. The number of H-pyrrole nitrogens is 1. The molecule has 2 aliphatic heterocycles. The van der Waals surface area contributed by atoms with E-state index in [1.54, 1.807) is 12.3 Å². The molecule has 6 rings (SSSR count). The molecule has 0 bridgehead atoms. The normalized spacial score (nSPS) is 16.6. The number of nitro groups is 1. The Morgan fingerprint density at radius 1 is 1.07 bits per heavy atom. The van der Waals surface area contributed by atoms with Gasteiger partial charge in [0, 0.05) is 49.3 Å². The molecule has 3 aromatic carbocycles. The maximum absolute atomic E-state index is 13.4. The van der Waals surface area contributed by atoms with Crippen LogP contribution in [0.2, 0.25) is 0 Å². The summed E-state index contributed by atoms with van der Waals surface area (Å²) in [7, 11) is 0. The number of amides is 2. The molecule has 0 saturated carbocycles. The third-order valence-corrected chi connectivity index (χ3v) is 8.31. The zero-order chi connectivity index (χ0) is 30.6. The molecular weight excluding hydrogens is 556 g/mol. The van der Waals surface area contributed by atoms with Crippen molar-refractivity contribution < 1.29 is 14.5 Å². The zero-order valence-corrected chi connectivity index (χ0v) is 24.6. The number of imidazole rings is 1. The first-order valence-electron chi connectivity index (χ1n) is 15.1. The number of aryl methyl sites for hydroxylation is 2. The van der Waals surface area contributed by atoms with Crippen LogP contribution in [0.4, 0.5) is 17.1 Å². The van der Waals surface area contributed by atoms with Gasteiger partial charge in [-0.15, -0.1) is 0 Å². The van der Waals surface area contributed by atoms with Crippen LogP contribution in [-0.2, 0) is 22.4 Å². The minimum atomic E-state index is -0.819. The molecule has 2 N–H and O–H groups in total. The van der Waals surface area contributed by atoms with Gasteiger partial charge < -0.3 is 15.2 Å². The fourth-order valence-corrected chi connectivity index (χ4v) is 5.89. The number of rotatable bonds is 10. The monoisotopic (exact) mass is 590 g/mol. The molecule has 2 aliphatic rings. The number of aromatic amines is 1. The van der Waals surface area contributed by atoms with Crippen LogP contribution in [0.15, 0.2) is 77.9 Å². The van der Waals surface area contributed by atoms with Gasteiger partial charge in [-0.3, -0.25) is 24.7 Å². The number of nitro benzene ring substituents is 1. The molecule has 1 saturated heterocycles. The van der Waals surface area contributed by atoms with Gasteiger partial charge in [0.15, 0.2) is 0 Å². The van der Waals surface area contributed by atoms with E-state index in [-0.39, 0.29) is 17.5 Å². The van der Waals surface area contributed by atoms with Crippen LogP contribution in [-0.4, -0.2) is 50.4 Å². The van der Waals surface area contributed by atoms with E-state index in [1.807, 2.05) is 60.4 Å². The van der Waals surface area contributed by atoms with Crippen molar-refractivity contribution in [3.05, 3.63) is 106 Å². The van der Waals surface area contributed by atoms with Gasteiger partial charge in [0.1, 0.15) is 11.7 Å². The molecule has 1 aromatic heterocycles. The second-order valence-electron chi connectivity index (χ2n) is 11.2. The minimum Gasteiger partial charge on any atom is -0.343 e. The highest BCUT2D eigenvalue weighted by Crippen LogP contribution is 2.38. The van der Waals surface area contributed by atoms with E-state index in [9.17, 15) is 19.7 Å². The summed E-state index contributed by atoms with van der Waals surface area (Å²) in [5.74, 6) is 0.0508. The van der Waals surface area contributed by atoms with Crippen molar-refractivity contribution in [1.29, 1.82) is 0 Å². The summed E-state index contributed by atoms with van der Waals surface area (Å²) < 4.78 is 0. The molecule has 4 aromatic rings. The van der Waals surface area contributed by atoms with E-state index in [1.165, 1.54) is 12.1 Å². The third-order valence-electron chi connectivity index (χ3n) is 8.31. The van der Waals surface area contributed by atoms with Crippen molar-refractivity contribution in [2.24, 2.45) is 4.99 Å². The lowest BCUT2D eigenvalue weighted by Crippen LogP contribution is -2.36. The van der Waals surface area contributed by atoms with E-state index < -0.39 is 10.8 Å². The highest BCUT2D eigenvalue weighted by Gasteiger charge is 2.36. The van der Waals surface area contributed by atoms with Crippen molar-refractivity contribution in [2.45, 2.75) is 51.4 Å². The fraction of sp³-hybridized carbons (Fsp3) is 0.294. The van der Waals surface area contributed by atoms with Gasteiger partial charge in [0.25, 0.3) is 5.69 Å². The first kappa shape index (κ1) is 29.0. The first-order valence-corrected chi connectivity index (χ1v) is 15.1. The minimum absolute atomic E-state index is 0.0810. The summed E-state index contributed by atoms with van der Waals surface area (Å²) >= 11 is 0. The van der Waals surface area contributed by atoms with Gasteiger partial charge in [-0.2, -0.15) is 0 Å². The first-order chi connectivity index (χ1) is 21.4. The van der Waals surface area contributed by atoms with E-state index >= 15 is 0 Å². The molecule has 1 fully saturated rings. The highest BCUT2D eigenvalue weighted by molar-refractivity contribution is 6.24. The molecule has 0 radical (unpaired) electrons. The van der Waals surface area contributed by atoms with Gasteiger partial charge in [0.05, 0.1) is 28.2 Å². The number of hydrogen-bond acceptors (Lipinski definition) is 6. The maximum atomic E-state index is 13.4. The van der Waals surface area contributed by atoms with Gasteiger partial charge >= 0.3 is 0 Å². The Hall–Kier alpha value is -5.12. The van der Waals surface area contributed by atoms with Gasteiger partial charge in [-0.25, -0.2) is 4.98 Å². The summed E-state index contributed by atoms with van der Waals surface area (Å²) in [6.07, 6.45) is 7.00. The van der Waals surface area contributed by atoms with Gasteiger partial charge in [-0.05, 0) is 60.6 Å². The SMILES string of the molecule is CCc1ncc(-c2ccc(N=C(c3ccc(CCCN4CCCCC4=O)cc3)C3C(=O)Nc4ccc([N+](=O)[O-])cc43)cc2)[nH]1. The smallest absolute Gasteiger partial charge is 0.269 e. The molecule has 10 heteroatoms. The summed E-state index contributed by atoms with van der Waals surface area (Å²) in [4.78, 5) is 51.2. The van der Waals surface area contributed by atoms with Crippen molar-refractivity contribution in [3.63, 3.8) is 0 Å². The van der Waals surface area contributed by atoms with Crippen LogP contribution >= 0.6 is 0 Å². The number of likely N-dealkylation sites (tertiary alicyclic amines) is 1. The lowest BCUT2D eigenvalue weighted by Gasteiger charge is -2.26. The second kappa shape index (κ2) is 12.6. The number of hydrogen-bond donors (Lipinski definition) is 2. The van der Waals surface area contributed by atoms with E-state index in [4.69, 9.17) is 4.99 Å². The van der Waals surface area contributed by atoms with Crippen molar-refractivity contribution in [2.75, 3.05) is 18.4 Å². The van der Waals surface area contributed by atoms with Crippen LogP contribution in [0.1, 0.15) is 61.0 Å². The number of aromatic nitrogens is 2. The van der Waals surface area contributed by atoms with Crippen LogP contribution in [0, 0.1) is 10.1 Å². The molecule has 1 unspecified atom stereocenters. The number of non-ortho nitro benzene ring substituents is 1. The number of nitrogens with zero attached hydrogens (tertiary/aromatic N) is 4. The van der Waals surface area contributed by atoms with Crippen molar-refractivity contribution >= 4 is 34.6 Å². The van der Waals surface area contributed by atoms with Crippen molar-refractivity contribution in [3.8, 4) is 11.3 Å². The van der Waals surface area contributed by atoms with Gasteiger partial charge in [-0.1, -0.05) is 43.3 Å². The van der Waals surface area contributed by atoms with Crippen LogP contribution in [0.5, 0.6) is 0 Å². The summed E-state index contributed by atoms with van der Waals surface area (Å²) in [5, 5.41) is 14.5. The number of anilines is 1. The fourth-order valence-electron chi connectivity index (χ4n) is 5.89. The van der Waals surface area contributed by atoms with E-state index in [0.717, 1.165) is 73.4 Å². The molecular formula is C34H34N6O4. The molecule has 44 heavy (non-hydrogen) atoms. The molecule has 10 nitrogen and oxygen atoms in total. The lowest BCUT2D eigenvalue weighted by atomic mass is 9.89. The molecule has 1 atom stereocenters. The number of piperidine rings is 1. The molecule has 224 valence electrons. The molecule has 0 aliphatic carbocycles. The average molecular weight is 591 g/mol. The molecule has 2 amide bonds. The quantitative estimate of drug-likeness (QED) is 0.126. The Kier molecular flexibility index (Phi) is 8.31. The largest absolute Gasteiger partial charge is 0.343 e. The van der Waals surface area contributed by atoms with E-state index in [0.29, 0.717) is 29.1 Å². The number of aliphatic imine (C=N–C) groups is 1. The Morgan fingerprint density at radius 3 is 2.57 bits per heavy atom. The molecule has 3 heterocycles. The summed E-state index contributed by atoms with van der Waals surface area (Å²) in [6.45, 7) is 3.63. The predicted octanol–water partition coefficient (Wildman–Crippen LogP) is 6.35. The van der Waals surface area contributed by atoms with E-state index in [2.05, 4.69) is 15.3 Å². The van der Waals surface area contributed by atoms with Crippen molar-refractivity contribution in [1.82, 2.24) is 14.9 Å². The standard InChI is InChI=1S/C34H34N6O4/c1-2-30-35-21-29(37-30)23-12-14-25(15-13-23)36-33(32-27-20-26(40(43)44)16-17-28(27)38-34(32)42)24-10-8-22(9-11-24)6-5-19-39-18-4-3-7-31(39)41/h8-17,20-21,32H,2-7,18-19H2,1H3,(H,35,37)(H,38,42). The number of nitrogens with one attached hydrogen (secondary N) is 2. The number of benzene rings is 3. The maximum Gasteiger partial charge on any atom is 0.269 e. The zero-order valence-electron chi connectivity index (χ0n) is 24.6. The van der Waals surface area contributed by atoms with Gasteiger partial charge in [0.2, 0.25) is 11.8 Å². The predicted molar refractivity (Wildman–Crippen MR) is 169 cm³/mol.